The Bertz CT molecular complexity index is 1200. The molecule has 1 aliphatic rings. The smallest absolute Gasteiger partial charge is 0.255 e. The van der Waals surface area contributed by atoms with Crippen LogP contribution in [-0.4, -0.2) is 75.2 Å². The maximum absolute atomic E-state index is 12.7. The summed E-state index contributed by atoms with van der Waals surface area (Å²) in [6.45, 7) is 2.73. The fourth-order valence-electron chi connectivity index (χ4n) is 3.30. The van der Waals surface area contributed by atoms with Crippen LogP contribution < -0.4 is 10.2 Å². The van der Waals surface area contributed by atoms with Crippen molar-refractivity contribution >= 4 is 48.3 Å². The average Bonchev–Trinajstić information content (AvgIpc) is 3.23. The molecule has 0 aliphatic carbocycles. The van der Waals surface area contributed by atoms with Gasteiger partial charge in [-0.1, -0.05) is 11.3 Å². The van der Waals surface area contributed by atoms with Gasteiger partial charge < -0.3 is 20.1 Å². The molecule has 0 bridgehead atoms. The number of nitrogens with zero attached hydrogens (tertiary/aromatic N) is 3. The highest BCUT2D eigenvalue weighted by Crippen LogP contribution is 2.31. The number of aliphatic hydroxyl groups excluding tert-OH is 1. The molecule has 2 aromatic carbocycles. The number of anilines is 2. The second kappa shape index (κ2) is 9.51. The SMILES string of the molecule is CN(CCO)S(=O)(=O)c1ccc(C(=O)Nc2ccc3nc(N4CCOCC4)sc3c2)cc1. The Morgan fingerprint density at radius 2 is 1.94 bits per heavy atom. The Labute approximate surface area is 190 Å². The van der Waals surface area contributed by atoms with Crippen molar-refractivity contribution in [1.82, 2.24) is 9.29 Å². The number of likely N-dealkylation sites (N-methyl/N-ethyl adjacent to an activating group) is 1. The van der Waals surface area contributed by atoms with Crippen molar-refractivity contribution < 1.29 is 23.1 Å². The molecule has 32 heavy (non-hydrogen) atoms. The van der Waals surface area contributed by atoms with Crippen LogP contribution in [0.5, 0.6) is 0 Å². The van der Waals surface area contributed by atoms with Crippen LogP contribution in [0.15, 0.2) is 47.4 Å². The van der Waals surface area contributed by atoms with E-state index in [0.29, 0.717) is 24.5 Å². The molecule has 2 N–H and O–H groups in total. The maximum Gasteiger partial charge on any atom is 0.255 e. The molecule has 1 amide bonds. The normalized spacial score (nSPS) is 14.8. The van der Waals surface area contributed by atoms with E-state index in [1.54, 1.807) is 17.4 Å². The highest BCUT2D eigenvalue weighted by molar-refractivity contribution is 7.89. The minimum Gasteiger partial charge on any atom is -0.395 e. The van der Waals surface area contributed by atoms with Crippen molar-refractivity contribution in [2.24, 2.45) is 0 Å². The highest BCUT2D eigenvalue weighted by Gasteiger charge is 2.21. The van der Waals surface area contributed by atoms with Gasteiger partial charge in [0.25, 0.3) is 5.91 Å². The van der Waals surface area contributed by atoms with E-state index in [1.165, 1.54) is 31.3 Å². The first kappa shape index (κ1) is 22.6. The highest BCUT2D eigenvalue weighted by atomic mass is 32.2. The molecule has 1 aromatic heterocycles. The number of carbonyl (C=O) groups is 1. The summed E-state index contributed by atoms with van der Waals surface area (Å²) >= 11 is 1.57. The van der Waals surface area contributed by atoms with E-state index in [-0.39, 0.29) is 24.0 Å². The van der Waals surface area contributed by atoms with E-state index < -0.39 is 10.0 Å². The number of fused-ring (bicyclic) bond motifs is 1. The Hall–Kier alpha value is -2.57. The minimum absolute atomic E-state index is 0.00211. The quantitative estimate of drug-likeness (QED) is 0.536. The summed E-state index contributed by atoms with van der Waals surface area (Å²) in [4.78, 5) is 19.6. The fraction of sp³-hybridized carbons (Fsp3) is 0.333. The summed E-state index contributed by atoms with van der Waals surface area (Å²) in [6.07, 6.45) is 0. The Morgan fingerprint density at radius 1 is 1.22 bits per heavy atom. The molecule has 1 fully saturated rings. The second-order valence-corrected chi connectivity index (χ2v) is 10.4. The largest absolute Gasteiger partial charge is 0.395 e. The van der Waals surface area contributed by atoms with Gasteiger partial charge in [-0.15, -0.1) is 0 Å². The molecule has 0 unspecified atom stereocenters. The van der Waals surface area contributed by atoms with E-state index in [4.69, 9.17) is 9.84 Å². The number of aromatic nitrogens is 1. The van der Waals surface area contributed by atoms with Gasteiger partial charge in [0, 0.05) is 37.9 Å². The third kappa shape index (κ3) is 4.76. The molecule has 0 saturated carbocycles. The summed E-state index contributed by atoms with van der Waals surface area (Å²) in [7, 11) is -2.31. The number of nitrogens with one attached hydrogen (secondary N) is 1. The lowest BCUT2D eigenvalue weighted by atomic mass is 10.2. The lowest BCUT2D eigenvalue weighted by Crippen LogP contribution is -2.36. The number of benzene rings is 2. The van der Waals surface area contributed by atoms with E-state index in [0.717, 1.165) is 32.7 Å². The van der Waals surface area contributed by atoms with E-state index >= 15 is 0 Å². The molecular weight excluding hydrogens is 452 g/mol. The number of aliphatic hydroxyl groups is 1. The van der Waals surface area contributed by atoms with Gasteiger partial charge in [-0.05, 0) is 42.5 Å². The van der Waals surface area contributed by atoms with Crippen molar-refractivity contribution in [3.63, 3.8) is 0 Å². The molecule has 4 rings (SSSR count). The predicted molar refractivity (Wildman–Crippen MR) is 124 cm³/mol. The molecule has 3 aromatic rings. The monoisotopic (exact) mass is 476 g/mol. The summed E-state index contributed by atoms with van der Waals surface area (Å²) in [5.74, 6) is -0.338. The van der Waals surface area contributed by atoms with Crippen LogP contribution in [0.4, 0.5) is 10.8 Å². The number of sulfonamides is 1. The molecule has 11 heteroatoms. The third-order valence-electron chi connectivity index (χ3n) is 5.16. The zero-order chi connectivity index (χ0) is 22.7. The topological polar surface area (TPSA) is 112 Å². The molecule has 1 saturated heterocycles. The second-order valence-electron chi connectivity index (χ2n) is 7.31. The fourth-order valence-corrected chi connectivity index (χ4v) is 5.52. The maximum atomic E-state index is 12.7. The van der Waals surface area contributed by atoms with Gasteiger partial charge in [0.1, 0.15) is 0 Å². The van der Waals surface area contributed by atoms with Gasteiger partial charge in [-0.25, -0.2) is 13.4 Å². The third-order valence-corrected chi connectivity index (χ3v) is 8.11. The molecule has 1 aliphatic heterocycles. The van der Waals surface area contributed by atoms with Gasteiger partial charge >= 0.3 is 0 Å². The predicted octanol–water partition coefficient (Wildman–Crippen LogP) is 2.00. The van der Waals surface area contributed by atoms with Crippen molar-refractivity contribution in [1.29, 1.82) is 0 Å². The van der Waals surface area contributed by atoms with Crippen molar-refractivity contribution in [3.8, 4) is 0 Å². The average molecular weight is 477 g/mol. The van der Waals surface area contributed by atoms with Gasteiger partial charge in [-0.3, -0.25) is 4.79 Å². The van der Waals surface area contributed by atoms with Gasteiger partial charge in [0.2, 0.25) is 10.0 Å². The summed E-state index contributed by atoms with van der Waals surface area (Å²) in [5.41, 5.74) is 1.85. The lowest BCUT2D eigenvalue weighted by Gasteiger charge is -2.25. The van der Waals surface area contributed by atoms with Gasteiger partial charge in [0.15, 0.2) is 5.13 Å². The standard InChI is InChI=1S/C21H24N4O5S2/c1-24(8-11-26)32(28,29)17-5-2-15(3-6-17)20(27)22-16-4-7-18-19(14-16)31-21(23-18)25-9-12-30-13-10-25/h2-7,14,26H,8-13H2,1H3,(H,22,27). The van der Waals surface area contributed by atoms with Crippen LogP contribution in [-0.2, 0) is 14.8 Å². The minimum atomic E-state index is -3.71. The first-order valence-corrected chi connectivity index (χ1v) is 12.4. The molecule has 0 atom stereocenters. The number of ether oxygens (including phenoxy) is 1. The first-order chi connectivity index (χ1) is 15.4. The first-order valence-electron chi connectivity index (χ1n) is 10.1. The lowest BCUT2D eigenvalue weighted by molar-refractivity contribution is 0.102. The number of amides is 1. The molecule has 0 spiro atoms. The number of carbonyl (C=O) groups excluding carboxylic acids is 1. The van der Waals surface area contributed by atoms with Crippen molar-refractivity contribution in [2.45, 2.75) is 4.90 Å². The van der Waals surface area contributed by atoms with Gasteiger partial charge in [-0.2, -0.15) is 4.31 Å². The van der Waals surface area contributed by atoms with Crippen molar-refractivity contribution in [3.05, 3.63) is 48.0 Å². The van der Waals surface area contributed by atoms with Crippen LogP contribution in [0.25, 0.3) is 10.2 Å². The summed E-state index contributed by atoms with van der Waals surface area (Å²) in [6, 6.07) is 11.3. The Kier molecular flexibility index (Phi) is 6.72. The molecule has 170 valence electrons. The molecule has 9 nitrogen and oxygen atoms in total. The number of morpholine rings is 1. The van der Waals surface area contributed by atoms with Crippen LogP contribution in [0.1, 0.15) is 10.4 Å². The van der Waals surface area contributed by atoms with Crippen LogP contribution in [0, 0.1) is 0 Å². The zero-order valence-electron chi connectivity index (χ0n) is 17.5. The zero-order valence-corrected chi connectivity index (χ0v) is 19.2. The molecule has 2 heterocycles. The van der Waals surface area contributed by atoms with E-state index in [9.17, 15) is 13.2 Å². The number of thiazole rings is 1. The molecule has 0 radical (unpaired) electrons. The summed E-state index contributed by atoms with van der Waals surface area (Å²) in [5, 5.41) is 12.8. The van der Waals surface area contributed by atoms with Crippen LogP contribution in [0.3, 0.4) is 0 Å². The van der Waals surface area contributed by atoms with Crippen LogP contribution in [0.2, 0.25) is 0 Å². The summed E-state index contributed by atoms with van der Waals surface area (Å²) < 4.78 is 32.3. The number of rotatable bonds is 7. The Balaban J connectivity index is 1.47. The Morgan fingerprint density at radius 3 is 2.62 bits per heavy atom. The van der Waals surface area contributed by atoms with Crippen molar-refractivity contribution in [2.75, 3.05) is 56.7 Å². The van der Waals surface area contributed by atoms with Gasteiger partial charge in [0.05, 0.1) is 34.9 Å². The number of hydrogen-bond acceptors (Lipinski definition) is 8. The van der Waals surface area contributed by atoms with E-state index in [1.807, 2.05) is 12.1 Å². The van der Waals surface area contributed by atoms with Crippen LogP contribution >= 0.6 is 11.3 Å². The van der Waals surface area contributed by atoms with E-state index in [2.05, 4.69) is 15.2 Å². The molecular formula is C21H24N4O5S2. The number of hydrogen-bond donors (Lipinski definition) is 2.